The van der Waals surface area contributed by atoms with Gasteiger partial charge < -0.3 is 19.9 Å². The zero-order valence-electron chi connectivity index (χ0n) is 10.8. The van der Waals surface area contributed by atoms with Crippen molar-refractivity contribution in [1.82, 2.24) is 4.57 Å². The van der Waals surface area contributed by atoms with Crippen LogP contribution in [0.15, 0.2) is 36.7 Å². The zero-order valence-corrected chi connectivity index (χ0v) is 10.8. The van der Waals surface area contributed by atoms with Gasteiger partial charge in [0, 0.05) is 30.6 Å². The Kier molecular flexibility index (Phi) is 3.73. The Morgan fingerprint density at radius 3 is 2.53 bits per heavy atom. The fourth-order valence-corrected chi connectivity index (χ4v) is 1.98. The van der Waals surface area contributed by atoms with E-state index in [1.807, 2.05) is 20.2 Å². The van der Waals surface area contributed by atoms with Gasteiger partial charge in [-0.25, -0.2) is 0 Å². The van der Waals surface area contributed by atoms with Gasteiger partial charge in [0.05, 0.1) is 5.56 Å². The third-order valence-electron chi connectivity index (χ3n) is 2.89. The first-order valence-corrected chi connectivity index (χ1v) is 5.88. The van der Waals surface area contributed by atoms with Crippen LogP contribution in [0.4, 0.5) is 5.69 Å². The van der Waals surface area contributed by atoms with Crippen LogP contribution in [0.1, 0.15) is 15.9 Å². The van der Waals surface area contributed by atoms with E-state index in [0.717, 1.165) is 5.56 Å². The van der Waals surface area contributed by atoms with E-state index in [0.29, 0.717) is 11.3 Å². The molecule has 1 aromatic heterocycles. The predicted octanol–water partition coefficient (Wildman–Crippen LogP) is 0.266. The second-order valence-corrected chi connectivity index (χ2v) is 4.44. The number of hydrogen-bond acceptors (Lipinski definition) is 3. The molecule has 0 aliphatic heterocycles. The van der Waals surface area contributed by atoms with Crippen LogP contribution >= 0.6 is 0 Å². The van der Waals surface area contributed by atoms with Gasteiger partial charge in [-0.2, -0.15) is 0 Å². The minimum absolute atomic E-state index is 0.268. The number of anilines is 1. The van der Waals surface area contributed by atoms with Gasteiger partial charge in [0.25, 0.3) is 5.91 Å². The number of aromatic nitrogens is 1. The molecule has 0 aliphatic rings. The maximum Gasteiger partial charge on any atom is 0.490 e. The summed E-state index contributed by atoms with van der Waals surface area (Å²) in [6.45, 7) is 1.85. The molecule has 3 N–H and O–H groups in total. The van der Waals surface area contributed by atoms with E-state index >= 15 is 0 Å². The number of carbonyl (C=O) groups excluding carboxylic acids is 1. The molecule has 5 nitrogen and oxygen atoms in total. The summed E-state index contributed by atoms with van der Waals surface area (Å²) in [7, 11) is 0.225. The highest BCUT2D eigenvalue weighted by atomic mass is 16.4. The largest absolute Gasteiger partial charge is 0.490 e. The molecule has 1 amide bonds. The van der Waals surface area contributed by atoms with E-state index in [-0.39, 0.29) is 11.4 Å². The van der Waals surface area contributed by atoms with Crippen LogP contribution in [0, 0.1) is 6.92 Å². The van der Waals surface area contributed by atoms with Crippen LogP contribution in [0.2, 0.25) is 0 Å². The van der Waals surface area contributed by atoms with Crippen LogP contribution in [-0.2, 0) is 7.05 Å². The first-order chi connectivity index (χ1) is 8.99. The van der Waals surface area contributed by atoms with Gasteiger partial charge in [-0.05, 0) is 18.6 Å². The van der Waals surface area contributed by atoms with Gasteiger partial charge in [0.1, 0.15) is 0 Å². The van der Waals surface area contributed by atoms with Crippen LogP contribution < -0.4 is 10.8 Å². The molecule has 6 heteroatoms. The summed E-state index contributed by atoms with van der Waals surface area (Å²) in [5, 5.41) is 21.2. The lowest BCUT2D eigenvalue weighted by Crippen LogP contribution is -2.33. The molecule has 2 aromatic rings. The van der Waals surface area contributed by atoms with Gasteiger partial charge >= 0.3 is 7.12 Å². The second kappa shape index (κ2) is 5.30. The number of aryl methyl sites for hydroxylation is 2. The van der Waals surface area contributed by atoms with E-state index in [1.54, 1.807) is 35.0 Å². The van der Waals surface area contributed by atoms with Crippen molar-refractivity contribution in [3.8, 4) is 0 Å². The van der Waals surface area contributed by atoms with E-state index in [4.69, 9.17) is 0 Å². The number of rotatable bonds is 3. The summed E-state index contributed by atoms with van der Waals surface area (Å²) < 4.78 is 1.80. The second-order valence-electron chi connectivity index (χ2n) is 4.44. The van der Waals surface area contributed by atoms with Crippen molar-refractivity contribution >= 4 is 24.2 Å². The Hall–Kier alpha value is -2.05. The predicted molar refractivity (Wildman–Crippen MR) is 74.4 cm³/mol. The third-order valence-corrected chi connectivity index (χ3v) is 2.89. The summed E-state index contributed by atoms with van der Waals surface area (Å²) in [6.07, 6.45) is 3.57. The van der Waals surface area contributed by atoms with Crippen molar-refractivity contribution in [2.75, 3.05) is 5.32 Å². The quantitative estimate of drug-likeness (QED) is 0.691. The number of carbonyl (C=O) groups is 1. The molecule has 0 bridgehead atoms. The van der Waals surface area contributed by atoms with Crippen molar-refractivity contribution in [1.29, 1.82) is 0 Å². The van der Waals surface area contributed by atoms with Gasteiger partial charge in [-0.3, -0.25) is 4.79 Å². The molecule has 0 atom stereocenters. The fraction of sp³-hybridized carbons (Fsp3) is 0.154. The van der Waals surface area contributed by atoms with Crippen molar-refractivity contribution in [2.45, 2.75) is 6.92 Å². The molecule has 1 heterocycles. The normalized spacial score (nSPS) is 10.3. The molecule has 0 saturated carbocycles. The summed E-state index contributed by atoms with van der Waals surface area (Å²) >= 11 is 0. The molecule has 0 spiro atoms. The molecule has 0 radical (unpaired) electrons. The average Bonchev–Trinajstić information content (AvgIpc) is 2.69. The lowest BCUT2D eigenvalue weighted by molar-refractivity contribution is 0.102. The minimum atomic E-state index is -1.62. The molecule has 0 saturated heterocycles. The van der Waals surface area contributed by atoms with Crippen LogP contribution in [0.3, 0.4) is 0 Å². The fourth-order valence-electron chi connectivity index (χ4n) is 1.98. The lowest BCUT2D eigenvalue weighted by atomic mass is 9.79. The van der Waals surface area contributed by atoms with Crippen molar-refractivity contribution in [2.24, 2.45) is 7.05 Å². The Morgan fingerprint density at radius 1 is 1.26 bits per heavy atom. The Labute approximate surface area is 111 Å². The molecule has 2 rings (SSSR count). The van der Waals surface area contributed by atoms with E-state index < -0.39 is 7.12 Å². The van der Waals surface area contributed by atoms with Crippen molar-refractivity contribution < 1.29 is 14.8 Å². The van der Waals surface area contributed by atoms with Crippen molar-refractivity contribution in [3.05, 3.63) is 47.8 Å². The molecule has 0 fully saturated rings. The van der Waals surface area contributed by atoms with Crippen LogP contribution in [-0.4, -0.2) is 27.6 Å². The van der Waals surface area contributed by atoms with E-state index in [1.165, 1.54) is 0 Å². The number of para-hydroxylation sites is 1. The summed E-state index contributed by atoms with van der Waals surface area (Å²) in [5.74, 6) is -0.272. The maximum atomic E-state index is 12.1. The van der Waals surface area contributed by atoms with Crippen LogP contribution in [0.25, 0.3) is 0 Å². The molecular weight excluding hydrogens is 243 g/mol. The SMILES string of the molecule is Cc1cn(C)cc1C(=O)Nc1ccccc1B(O)O. The molecule has 19 heavy (non-hydrogen) atoms. The summed E-state index contributed by atoms with van der Waals surface area (Å²) in [5.41, 5.74) is 2.09. The Bertz CT molecular complexity index is 608. The first kappa shape index (κ1) is 13.4. The molecular formula is C13H15BN2O3. The van der Waals surface area contributed by atoms with Gasteiger partial charge in [0.2, 0.25) is 0 Å². The lowest BCUT2D eigenvalue weighted by Gasteiger charge is -2.10. The molecule has 0 unspecified atom stereocenters. The summed E-state index contributed by atoms with van der Waals surface area (Å²) in [4.78, 5) is 12.1. The molecule has 0 aliphatic carbocycles. The number of benzene rings is 1. The molecule has 98 valence electrons. The average molecular weight is 258 g/mol. The summed E-state index contributed by atoms with van der Waals surface area (Å²) in [6, 6.07) is 6.58. The number of amides is 1. The zero-order chi connectivity index (χ0) is 14.0. The molecule has 1 aromatic carbocycles. The monoisotopic (exact) mass is 258 g/mol. The Balaban J connectivity index is 2.27. The maximum absolute atomic E-state index is 12.1. The smallest absolute Gasteiger partial charge is 0.423 e. The topological polar surface area (TPSA) is 74.5 Å². The minimum Gasteiger partial charge on any atom is -0.423 e. The highest BCUT2D eigenvalue weighted by molar-refractivity contribution is 6.60. The van der Waals surface area contributed by atoms with Gasteiger partial charge in [-0.15, -0.1) is 0 Å². The Morgan fingerprint density at radius 2 is 1.95 bits per heavy atom. The van der Waals surface area contributed by atoms with Crippen molar-refractivity contribution in [3.63, 3.8) is 0 Å². The van der Waals surface area contributed by atoms with Gasteiger partial charge in [0.15, 0.2) is 0 Å². The number of nitrogens with one attached hydrogen (secondary N) is 1. The third kappa shape index (κ3) is 2.86. The van der Waals surface area contributed by atoms with Crippen LogP contribution in [0.5, 0.6) is 0 Å². The number of nitrogens with zero attached hydrogens (tertiary/aromatic N) is 1. The van der Waals surface area contributed by atoms with E-state index in [2.05, 4.69) is 5.32 Å². The number of hydrogen-bond donors (Lipinski definition) is 3. The van der Waals surface area contributed by atoms with E-state index in [9.17, 15) is 14.8 Å². The standard InChI is InChI=1S/C13H15BN2O3/c1-9-7-16(2)8-10(9)13(17)15-12-6-4-3-5-11(12)14(18)19/h3-8,18-19H,1-2H3,(H,15,17). The highest BCUT2D eigenvalue weighted by Gasteiger charge is 2.18. The highest BCUT2D eigenvalue weighted by Crippen LogP contribution is 2.12. The van der Waals surface area contributed by atoms with Gasteiger partial charge in [-0.1, -0.05) is 18.2 Å². The first-order valence-electron chi connectivity index (χ1n) is 5.88.